The number of rotatable bonds is 7. The first-order valence-corrected chi connectivity index (χ1v) is 14.1. The van der Waals surface area contributed by atoms with Gasteiger partial charge in [0.1, 0.15) is 22.6 Å². The number of halogens is 1. The average Bonchev–Trinajstić information content (AvgIpc) is 3.67. The topological polar surface area (TPSA) is 79.4 Å². The predicted octanol–water partition coefficient (Wildman–Crippen LogP) is 4.95. The number of benzene rings is 1. The third-order valence-corrected chi connectivity index (χ3v) is 8.94. The molecule has 1 saturated heterocycles. The number of aromatic nitrogens is 1. The van der Waals surface area contributed by atoms with E-state index in [1.807, 2.05) is 4.90 Å². The molecule has 1 aromatic heterocycles. The molecular weight excluding hydrogens is 477 g/mol. The lowest BCUT2D eigenvalue weighted by molar-refractivity contribution is -0.138. The molecular formula is C28H33FN3O3S. The van der Waals surface area contributed by atoms with Gasteiger partial charge in [-0.1, -0.05) is 26.2 Å². The Hall–Kier alpha value is -2.61. The summed E-state index contributed by atoms with van der Waals surface area (Å²) in [5.41, 5.74) is 2.36. The molecule has 2 aliphatic carbocycles. The number of nitrogens with zero attached hydrogens (tertiary/aromatic N) is 2. The van der Waals surface area contributed by atoms with E-state index in [0.717, 1.165) is 55.5 Å². The van der Waals surface area contributed by atoms with Gasteiger partial charge < -0.3 is 10.2 Å². The van der Waals surface area contributed by atoms with E-state index in [2.05, 4.69) is 10.3 Å². The summed E-state index contributed by atoms with van der Waals surface area (Å²) in [6.45, 7) is 2.30. The molecule has 5 rings (SSSR count). The zero-order valence-electron chi connectivity index (χ0n) is 20.7. The number of ketones is 1. The Balaban J connectivity index is 1.36. The van der Waals surface area contributed by atoms with Crippen molar-refractivity contribution in [2.24, 2.45) is 5.92 Å². The lowest BCUT2D eigenvalue weighted by Crippen LogP contribution is -2.52. The number of carbonyl (C=O) groups excluding carboxylic acids is 3. The molecule has 8 heteroatoms. The Morgan fingerprint density at radius 1 is 1.08 bits per heavy atom. The Bertz CT molecular complexity index is 1160. The summed E-state index contributed by atoms with van der Waals surface area (Å²) in [5, 5.41) is 5.48. The monoisotopic (exact) mass is 510 g/mol. The van der Waals surface area contributed by atoms with Gasteiger partial charge in [-0.15, -0.1) is 11.3 Å². The lowest BCUT2D eigenvalue weighted by atomic mass is 9.83. The van der Waals surface area contributed by atoms with Crippen LogP contribution in [-0.4, -0.2) is 40.1 Å². The smallest absolute Gasteiger partial charge is 0.246 e. The van der Waals surface area contributed by atoms with E-state index in [0.29, 0.717) is 36.2 Å². The quantitative estimate of drug-likeness (QED) is 0.535. The van der Waals surface area contributed by atoms with E-state index in [9.17, 15) is 18.8 Å². The summed E-state index contributed by atoms with van der Waals surface area (Å²) in [6.07, 6.45) is 10.5. The predicted molar refractivity (Wildman–Crippen MR) is 136 cm³/mol. The molecule has 0 spiro atoms. The molecule has 1 radical (unpaired) electrons. The van der Waals surface area contributed by atoms with Gasteiger partial charge in [0.2, 0.25) is 17.6 Å². The SMILES string of the molecule is C[CH]C(=O)N[C@H](C(=O)N1CCC[C@H]1c1nc(C(=O)c2ccc(F)c3c2CCC3)cs1)C1CCCCC1. The second kappa shape index (κ2) is 10.8. The number of hydrogen-bond donors (Lipinski definition) is 1. The van der Waals surface area contributed by atoms with Crippen LogP contribution in [0.2, 0.25) is 0 Å². The van der Waals surface area contributed by atoms with Crippen LogP contribution in [0.5, 0.6) is 0 Å². The van der Waals surface area contributed by atoms with Crippen molar-refractivity contribution in [2.45, 2.75) is 83.2 Å². The van der Waals surface area contributed by atoms with Crippen molar-refractivity contribution < 1.29 is 18.8 Å². The van der Waals surface area contributed by atoms with Crippen molar-refractivity contribution in [2.75, 3.05) is 6.54 Å². The highest BCUT2D eigenvalue weighted by Crippen LogP contribution is 2.37. The molecule has 2 atom stereocenters. The standard InChI is InChI=1S/C28H33FN3O3S/c1-2-24(33)31-25(17-8-4-3-5-9-17)28(35)32-15-7-12-23(32)27-30-22(16-36-27)26(34)20-13-14-21(29)19-11-6-10-18(19)20/h2,13-14,16-17,23,25H,3-12,15H2,1H3,(H,31,33)/t23-,25-/m0/s1. The molecule has 2 aromatic rings. The molecule has 6 nitrogen and oxygen atoms in total. The number of hydrogen-bond acceptors (Lipinski definition) is 5. The zero-order valence-corrected chi connectivity index (χ0v) is 21.5. The fourth-order valence-electron chi connectivity index (χ4n) is 6.11. The van der Waals surface area contributed by atoms with Crippen molar-refractivity contribution in [3.8, 4) is 0 Å². The van der Waals surface area contributed by atoms with Crippen molar-refractivity contribution >= 4 is 28.9 Å². The molecule has 2 fully saturated rings. The van der Waals surface area contributed by atoms with Crippen molar-refractivity contribution in [1.82, 2.24) is 15.2 Å². The van der Waals surface area contributed by atoms with Gasteiger partial charge in [-0.2, -0.15) is 0 Å². The van der Waals surface area contributed by atoms with Crippen molar-refractivity contribution in [3.63, 3.8) is 0 Å². The highest BCUT2D eigenvalue weighted by atomic mass is 32.1. The number of amides is 2. The molecule has 2 heterocycles. The molecule has 0 bridgehead atoms. The molecule has 2 amide bonds. The number of fused-ring (bicyclic) bond motifs is 1. The lowest BCUT2D eigenvalue weighted by Gasteiger charge is -2.34. The molecule has 1 N–H and O–H groups in total. The number of carbonyl (C=O) groups is 3. The maximum atomic E-state index is 14.2. The molecule has 3 aliphatic rings. The third kappa shape index (κ3) is 4.84. The van der Waals surface area contributed by atoms with E-state index in [4.69, 9.17) is 0 Å². The van der Waals surface area contributed by atoms with E-state index < -0.39 is 6.04 Å². The van der Waals surface area contributed by atoms with Gasteiger partial charge in [-0.3, -0.25) is 14.4 Å². The minimum atomic E-state index is -0.530. The van der Waals surface area contributed by atoms with Crippen molar-refractivity contribution in [3.05, 3.63) is 57.1 Å². The molecule has 36 heavy (non-hydrogen) atoms. The summed E-state index contributed by atoms with van der Waals surface area (Å²) >= 11 is 1.40. The van der Waals surface area contributed by atoms with Gasteiger partial charge in [-0.25, -0.2) is 9.37 Å². The zero-order chi connectivity index (χ0) is 25.2. The van der Waals surface area contributed by atoms with E-state index >= 15 is 0 Å². The van der Waals surface area contributed by atoms with Crippen LogP contribution in [-0.2, 0) is 22.4 Å². The second-order valence-corrected chi connectivity index (χ2v) is 11.1. The summed E-state index contributed by atoms with van der Waals surface area (Å²) in [6, 6.07) is 2.23. The van der Waals surface area contributed by atoms with Crippen LogP contribution < -0.4 is 5.32 Å². The van der Waals surface area contributed by atoms with Gasteiger partial charge in [-0.05, 0) is 74.1 Å². The first kappa shape index (κ1) is 25.1. The largest absolute Gasteiger partial charge is 0.344 e. The van der Waals surface area contributed by atoms with E-state index in [1.54, 1.807) is 18.4 Å². The van der Waals surface area contributed by atoms with Gasteiger partial charge in [0.25, 0.3) is 0 Å². The van der Waals surface area contributed by atoms with Gasteiger partial charge in [0, 0.05) is 23.9 Å². The second-order valence-electron chi connectivity index (χ2n) is 10.2. The van der Waals surface area contributed by atoms with Crippen molar-refractivity contribution in [1.29, 1.82) is 0 Å². The highest BCUT2D eigenvalue weighted by Gasteiger charge is 2.39. The Morgan fingerprint density at radius 2 is 1.86 bits per heavy atom. The molecule has 0 unspecified atom stereocenters. The summed E-state index contributed by atoms with van der Waals surface area (Å²) < 4.78 is 14.2. The van der Waals surface area contributed by atoms with Gasteiger partial charge in [0.15, 0.2) is 0 Å². The average molecular weight is 511 g/mol. The highest BCUT2D eigenvalue weighted by molar-refractivity contribution is 7.10. The van der Waals surface area contributed by atoms with E-state index in [1.165, 1.54) is 30.2 Å². The molecule has 1 aromatic carbocycles. The Morgan fingerprint density at radius 3 is 2.64 bits per heavy atom. The third-order valence-electron chi connectivity index (χ3n) is 7.99. The number of likely N-dealkylation sites (tertiary alicyclic amines) is 1. The van der Waals surface area contributed by atoms with Crippen LogP contribution in [0.15, 0.2) is 17.5 Å². The molecule has 191 valence electrons. The van der Waals surface area contributed by atoms with Crippen LogP contribution in [0.3, 0.4) is 0 Å². The number of nitrogens with one attached hydrogen (secondary N) is 1. The summed E-state index contributed by atoms with van der Waals surface area (Å²) in [5.74, 6) is -0.538. The van der Waals surface area contributed by atoms with Crippen LogP contribution >= 0.6 is 11.3 Å². The van der Waals surface area contributed by atoms with E-state index in [-0.39, 0.29) is 35.4 Å². The van der Waals surface area contributed by atoms with Crippen LogP contribution in [0.4, 0.5) is 4.39 Å². The van der Waals surface area contributed by atoms with Gasteiger partial charge >= 0.3 is 0 Å². The Labute approximate surface area is 215 Å². The normalized spacial score (nSPS) is 20.8. The Kier molecular flexibility index (Phi) is 7.51. The fraction of sp³-hybridized carbons (Fsp3) is 0.536. The maximum Gasteiger partial charge on any atom is 0.246 e. The van der Waals surface area contributed by atoms with Crippen LogP contribution in [0, 0.1) is 18.2 Å². The first-order chi connectivity index (χ1) is 17.5. The number of thiazole rings is 1. The molecule has 1 aliphatic heterocycles. The summed E-state index contributed by atoms with van der Waals surface area (Å²) in [7, 11) is 0. The molecule has 1 saturated carbocycles. The summed E-state index contributed by atoms with van der Waals surface area (Å²) in [4.78, 5) is 45.9. The first-order valence-electron chi connectivity index (χ1n) is 13.2. The van der Waals surface area contributed by atoms with Gasteiger partial charge in [0.05, 0.1) is 6.04 Å². The minimum absolute atomic E-state index is 0.0426. The minimum Gasteiger partial charge on any atom is -0.344 e. The van der Waals surface area contributed by atoms with Crippen LogP contribution in [0.1, 0.15) is 96.5 Å². The maximum absolute atomic E-state index is 14.2. The fourth-order valence-corrected chi connectivity index (χ4v) is 7.05. The van der Waals surface area contributed by atoms with Crippen LogP contribution in [0.25, 0.3) is 0 Å².